The van der Waals surface area contributed by atoms with E-state index in [2.05, 4.69) is 48.3 Å². The monoisotopic (exact) mass is 278 g/mol. The zero-order valence-electron chi connectivity index (χ0n) is 11.8. The number of nitrogens with one attached hydrogen (secondary N) is 1. The Morgan fingerprint density at radius 3 is 2.68 bits per heavy atom. The smallest absolute Gasteiger partial charge is 0.0457 e. The third kappa shape index (κ3) is 2.80. The third-order valence-corrected chi connectivity index (χ3v) is 4.34. The molecule has 0 bridgehead atoms. The lowest BCUT2D eigenvalue weighted by atomic mass is 9.89. The van der Waals surface area contributed by atoms with Crippen molar-refractivity contribution in [1.82, 2.24) is 9.88 Å². The molecule has 1 aliphatic rings. The topological polar surface area (TPSA) is 19.0 Å². The van der Waals surface area contributed by atoms with Gasteiger partial charge in [0.1, 0.15) is 0 Å². The van der Waals surface area contributed by atoms with Gasteiger partial charge in [0.25, 0.3) is 0 Å². The summed E-state index contributed by atoms with van der Waals surface area (Å²) in [6.45, 7) is 4.68. The van der Waals surface area contributed by atoms with Gasteiger partial charge in [0, 0.05) is 17.1 Å². The second-order valence-electron chi connectivity index (χ2n) is 5.56. The Balaban J connectivity index is 0.00000133. The van der Waals surface area contributed by atoms with Crippen LogP contribution in [0.4, 0.5) is 0 Å². The molecule has 3 rings (SSSR count). The zero-order valence-corrected chi connectivity index (χ0v) is 12.6. The van der Waals surface area contributed by atoms with E-state index in [-0.39, 0.29) is 12.4 Å². The van der Waals surface area contributed by atoms with Crippen molar-refractivity contribution in [2.45, 2.75) is 32.1 Å². The summed E-state index contributed by atoms with van der Waals surface area (Å²) in [6, 6.07) is 6.84. The summed E-state index contributed by atoms with van der Waals surface area (Å²) in [4.78, 5) is 5.87. The van der Waals surface area contributed by atoms with Crippen LogP contribution in [0.2, 0.25) is 0 Å². The first-order chi connectivity index (χ1) is 8.78. The van der Waals surface area contributed by atoms with Crippen LogP contribution in [0.5, 0.6) is 0 Å². The van der Waals surface area contributed by atoms with Gasteiger partial charge in [-0.15, -0.1) is 12.4 Å². The average molecular weight is 279 g/mol. The third-order valence-electron chi connectivity index (χ3n) is 4.34. The Labute approximate surface area is 121 Å². The molecule has 0 spiro atoms. The van der Waals surface area contributed by atoms with Gasteiger partial charge in [-0.25, -0.2) is 0 Å². The molecule has 0 amide bonds. The molecule has 1 fully saturated rings. The van der Waals surface area contributed by atoms with E-state index in [4.69, 9.17) is 0 Å². The molecule has 3 heteroatoms. The normalized spacial score (nSPS) is 17.6. The molecule has 0 unspecified atom stereocenters. The van der Waals surface area contributed by atoms with Crippen molar-refractivity contribution < 1.29 is 0 Å². The summed E-state index contributed by atoms with van der Waals surface area (Å²) >= 11 is 0. The summed E-state index contributed by atoms with van der Waals surface area (Å²) < 4.78 is 0. The average Bonchev–Trinajstić information content (AvgIpc) is 2.82. The van der Waals surface area contributed by atoms with Crippen LogP contribution in [-0.4, -0.2) is 30.0 Å². The van der Waals surface area contributed by atoms with Crippen molar-refractivity contribution >= 4 is 23.3 Å². The fraction of sp³-hybridized carbons (Fsp3) is 0.500. The number of rotatable bonds is 2. The number of H-pyrrole nitrogens is 1. The molecule has 0 atom stereocenters. The van der Waals surface area contributed by atoms with E-state index in [9.17, 15) is 0 Å². The minimum absolute atomic E-state index is 0. The highest BCUT2D eigenvalue weighted by molar-refractivity contribution is 5.85. The lowest BCUT2D eigenvalue weighted by Gasteiger charge is -2.28. The van der Waals surface area contributed by atoms with Gasteiger partial charge in [-0.05, 0) is 68.6 Å². The molecule has 104 valence electrons. The Kier molecular flexibility index (Phi) is 4.54. The molecule has 2 heterocycles. The summed E-state index contributed by atoms with van der Waals surface area (Å²) in [5, 5.41) is 1.45. The van der Waals surface area contributed by atoms with Gasteiger partial charge in [-0.2, -0.15) is 0 Å². The quantitative estimate of drug-likeness (QED) is 0.881. The standard InChI is InChI=1S/C16H22N2.ClH/c1-3-12-4-5-16-14(10-12)15(11-17-16)13-6-8-18(2)9-7-13;/h4-5,10-11,13,17H,3,6-9H2,1-2H3;1H. The number of aryl methyl sites for hydroxylation is 1. The Morgan fingerprint density at radius 2 is 2.00 bits per heavy atom. The molecule has 1 aromatic carbocycles. The van der Waals surface area contributed by atoms with Gasteiger partial charge in [-0.1, -0.05) is 13.0 Å². The number of hydrogen-bond acceptors (Lipinski definition) is 1. The van der Waals surface area contributed by atoms with Crippen LogP contribution < -0.4 is 0 Å². The molecule has 0 aliphatic carbocycles. The van der Waals surface area contributed by atoms with Crippen LogP contribution in [0.3, 0.4) is 0 Å². The molecule has 0 saturated carbocycles. The number of nitrogens with zero attached hydrogens (tertiary/aromatic N) is 1. The van der Waals surface area contributed by atoms with Crippen molar-refractivity contribution in [1.29, 1.82) is 0 Å². The van der Waals surface area contributed by atoms with E-state index in [0.717, 1.165) is 12.3 Å². The second-order valence-corrected chi connectivity index (χ2v) is 5.56. The molecule has 2 aromatic rings. The lowest BCUT2D eigenvalue weighted by molar-refractivity contribution is 0.256. The van der Waals surface area contributed by atoms with Crippen molar-refractivity contribution in [2.75, 3.05) is 20.1 Å². The summed E-state index contributed by atoms with van der Waals surface area (Å²) in [7, 11) is 2.22. The van der Waals surface area contributed by atoms with Crippen LogP contribution in [0.25, 0.3) is 10.9 Å². The van der Waals surface area contributed by atoms with Gasteiger partial charge in [0.2, 0.25) is 0 Å². The molecule has 1 aromatic heterocycles. The molecular formula is C16H23ClN2. The number of aromatic nitrogens is 1. The number of piperidine rings is 1. The summed E-state index contributed by atoms with van der Waals surface area (Å²) in [5.41, 5.74) is 4.27. The van der Waals surface area contributed by atoms with Crippen molar-refractivity contribution in [3.63, 3.8) is 0 Å². The lowest BCUT2D eigenvalue weighted by Crippen LogP contribution is -2.29. The Hall–Kier alpha value is -0.990. The van der Waals surface area contributed by atoms with Gasteiger partial charge in [0.05, 0.1) is 0 Å². The van der Waals surface area contributed by atoms with E-state index in [1.807, 2.05) is 0 Å². The predicted octanol–water partition coefficient (Wildman–Crippen LogP) is 3.96. The number of aromatic amines is 1. The van der Waals surface area contributed by atoms with Crippen LogP contribution in [-0.2, 0) is 6.42 Å². The van der Waals surface area contributed by atoms with E-state index in [1.54, 1.807) is 0 Å². The minimum atomic E-state index is 0. The van der Waals surface area contributed by atoms with Crippen molar-refractivity contribution in [3.8, 4) is 0 Å². The zero-order chi connectivity index (χ0) is 12.5. The highest BCUT2D eigenvalue weighted by Crippen LogP contribution is 2.33. The first-order valence-corrected chi connectivity index (χ1v) is 7.06. The first-order valence-electron chi connectivity index (χ1n) is 7.06. The van der Waals surface area contributed by atoms with E-state index in [1.165, 1.54) is 48.0 Å². The number of benzene rings is 1. The molecular weight excluding hydrogens is 256 g/mol. The molecule has 19 heavy (non-hydrogen) atoms. The second kappa shape index (κ2) is 5.98. The van der Waals surface area contributed by atoms with Crippen LogP contribution >= 0.6 is 12.4 Å². The van der Waals surface area contributed by atoms with Crippen LogP contribution in [0, 0.1) is 0 Å². The van der Waals surface area contributed by atoms with Crippen LogP contribution in [0.1, 0.15) is 36.8 Å². The largest absolute Gasteiger partial charge is 0.361 e. The SMILES string of the molecule is CCc1ccc2[nH]cc(C3CCN(C)CC3)c2c1.Cl. The summed E-state index contributed by atoms with van der Waals surface area (Å²) in [6.07, 6.45) is 5.94. The number of fused-ring (bicyclic) bond motifs is 1. The van der Waals surface area contributed by atoms with Crippen molar-refractivity contribution in [2.24, 2.45) is 0 Å². The van der Waals surface area contributed by atoms with Gasteiger partial charge in [-0.3, -0.25) is 0 Å². The minimum Gasteiger partial charge on any atom is -0.361 e. The molecule has 1 N–H and O–H groups in total. The first kappa shape index (κ1) is 14.4. The Bertz CT molecular complexity index is 539. The van der Waals surface area contributed by atoms with Crippen molar-refractivity contribution in [3.05, 3.63) is 35.5 Å². The van der Waals surface area contributed by atoms with E-state index < -0.39 is 0 Å². The predicted molar refractivity (Wildman–Crippen MR) is 84.4 cm³/mol. The maximum Gasteiger partial charge on any atom is 0.0457 e. The van der Waals surface area contributed by atoms with Gasteiger partial charge in [0.15, 0.2) is 0 Å². The maximum absolute atomic E-state index is 3.43. The Morgan fingerprint density at radius 1 is 1.26 bits per heavy atom. The molecule has 1 saturated heterocycles. The number of hydrogen-bond donors (Lipinski definition) is 1. The highest BCUT2D eigenvalue weighted by atomic mass is 35.5. The highest BCUT2D eigenvalue weighted by Gasteiger charge is 2.20. The fourth-order valence-electron chi connectivity index (χ4n) is 3.07. The van der Waals surface area contributed by atoms with E-state index in [0.29, 0.717) is 0 Å². The fourth-order valence-corrected chi connectivity index (χ4v) is 3.07. The van der Waals surface area contributed by atoms with Gasteiger partial charge >= 0.3 is 0 Å². The molecule has 1 aliphatic heterocycles. The van der Waals surface area contributed by atoms with E-state index >= 15 is 0 Å². The maximum atomic E-state index is 3.43. The van der Waals surface area contributed by atoms with Gasteiger partial charge < -0.3 is 9.88 Å². The molecule has 2 nitrogen and oxygen atoms in total. The van der Waals surface area contributed by atoms with Crippen LogP contribution in [0.15, 0.2) is 24.4 Å². The number of halogens is 1. The summed E-state index contributed by atoms with van der Waals surface area (Å²) in [5.74, 6) is 0.738. The molecule has 0 radical (unpaired) electrons. The number of likely N-dealkylation sites (tertiary alicyclic amines) is 1.